The molecule has 0 bridgehead atoms. The van der Waals surface area contributed by atoms with E-state index in [1.807, 2.05) is 11.8 Å². The number of nitrogens with zero attached hydrogens (tertiary/aromatic N) is 4. The van der Waals surface area contributed by atoms with Crippen molar-refractivity contribution in [1.82, 2.24) is 19.6 Å². The third-order valence-electron chi connectivity index (χ3n) is 6.22. The Balaban J connectivity index is 1.35. The molecule has 7 heteroatoms. The van der Waals surface area contributed by atoms with Crippen molar-refractivity contribution >= 4 is 5.91 Å². The molecule has 0 N–H and O–H groups in total. The lowest BCUT2D eigenvalue weighted by molar-refractivity contribution is -0.0728. The second-order valence-electron chi connectivity index (χ2n) is 8.74. The summed E-state index contributed by atoms with van der Waals surface area (Å²) in [6.45, 7) is 10.8. The quantitative estimate of drug-likeness (QED) is 0.771. The second-order valence-corrected chi connectivity index (χ2v) is 8.74. The Morgan fingerprint density at radius 2 is 1.77 bits per heavy atom. The molecule has 2 aliphatic rings. The number of amides is 1. The zero-order valence-corrected chi connectivity index (χ0v) is 18.1. The third kappa shape index (κ3) is 4.57. The normalized spacial score (nSPS) is 23.7. The van der Waals surface area contributed by atoms with Crippen molar-refractivity contribution in [2.45, 2.75) is 45.8 Å². The summed E-state index contributed by atoms with van der Waals surface area (Å²) in [7, 11) is 0. The number of ether oxygens (including phenoxy) is 1. The van der Waals surface area contributed by atoms with Gasteiger partial charge in [-0.15, -0.1) is 0 Å². The van der Waals surface area contributed by atoms with Gasteiger partial charge in [-0.3, -0.25) is 9.69 Å². The molecule has 0 spiro atoms. The number of halogens is 1. The maximum Gasteiger partial charge on any atom is 0.257 e. The first-order chi connectivity index (χ1) is 14.4. The molecule has 0 aliphatic carbocycles. The van der Waals surface area contributed by atoms with E-state index in [4.69, 9.17) is 4.74 Å². The molecule has 0 saturated carbocycles. The monoisotopic (exact) mass is 414 g/mol. The average Bonchev–Trinajstić information content (AvgIpc) is 3.09. The highest BCUT2D eigenvalue weighted by molar-refractivity contribution is 5.95. The van der Waals surface area contributed by atoms with E-state index in [9.17, 15) is 9.18 Å². The standard InChI is InChI=1S/C23H31FN4O2/c1-16-13-26(14-17(2)30-16)15-19-8-10-27(11-9-19)23(29)22-12-25-28(18(22)3)21-6-4-20(24)5-7-21/h4-7,12,16-17,19H,8-11,13-15H2,1-3H3. The van der Waals surface area contributed by atoms with E-state index in [1.54, 1.807) is 23.0 Å². The molecule has 1 aromatic carbocycles. The first-order valence-electron chi connectivity index (χ1n) is 10.9. The largest absolute Gasteiger partial charge is 0.373 e. The smallest absolute Gasteiger partial charge is 0.257 e. The number of hydrogen-bond acceptors (Lipinski definition) is 4. The Morgan fingerprint density at radius 3 is 2.40 bits per heavy atom. The Bertz CT molecular complexity index is 864. The molecule has 6 nitrogen and oxygen atoms in total. The first-order valence-corrected chi connectivity index (χ1v) is 10.9. The van der Waals surface area contributed by atoms with Crippen molar-refractivity contribution in [1.29, 1.82) is 0 Å². The molecule has 162 valence electrons. The van der Waals surface area contributed by atoms with E-state index in [-0.39, 0.29) is 23.9 Å². The van der Waals surface area contributed by atoms with Crippen LogP contribution in [0.15, 0.2) is 30.5 Å². The van der Waals surface area contributed by atoms with Crippen LogP contribution in [0.1, 0.15) is 42.7 Å². The van der Waals surface area contributed by atoms with E-state index in [0.717, 1.165) is 56.9 Å². The Hall–Kier alpha value is -2.25. The molecular formula is C23H31FN4O2. The van der Waals surface area contributed by atoms with Crippen LogP contribution >= 0.6 is 0 Å². The molecule has 3 heterocycles. The molecule has 1 amide bonds. The fraction of sp³-hybridized carbons (Fsp3) is 0.565. The highest BCUT2D eigenvalue weighted by atomic mass is 19.1. The van der Waals surface area contributed by atoms with E-state index in [2.05, 4.69) is 23.8 Å². The lowest BCUT2D eigenvalue weighted by Gasteiger charge is -2.39. The van der Waals surface area contributed by atoms with Gasteiger partial charge in [0.2, 0.25) is 0 Å². The minimum atomic E-state index is -0.288. The predicted molar refractivity (Wildman–Crippen MR) is 113 cm³/mol. The maximum absolute atomic E-state index is 13.2. The third-order valence-corrected chi connectivity index (χ3v) is 6.22. The number of aromatic nitrogens is 2. The molecular weight excluding hydrogens is 383 g/mol. The molecule has 2 saturated heterocycles. The highest BCUT2D eigenvalue weighted by Gasteiger charge is 2.29. The number of piperidine rings is 1. The SMILES string of the molecule is Cc1c(C(=O)N2CCC(CN3CC(C)OC(C)C3)CC2)cnn1-c1ccc(F)cc1. The molecule has 2 aliphatic heterocycles. The number of benzene rings is 1. The molecule has 2 fully saturated rings. The molecule has 2 unspecified atom stereocenters. The summed E-state index contributed by atoms with van der Waals surface area (Å²) in [5.41, 5.74) is 2.15. The summed E-state index contributed by atoms with van der Waals surface area (Å²) >= 11 is 0. The summed E-state index contributed by atoms with van der Waals surface area (Å²) in [4.78, 5) is 17.5. The number of rotatable bonds is 4. The molecule has 2 atom stereocenters. The summed E-state index contributed by atoms with van der Waals surface area (Å²) in [5.74, 6) is 0.367. The van der Waals surface area contributed by atoms with Gasteiger partial charge in [-0.2, -0.15) is 5.10 Å². The maximum atomic E-state index is 13.2. The van der Waals surface area contributed by atoms with Crippen LogP contribution in [-0.4, -0.2) is 70.4 Å². The summed E-state index contributed by atoms with van der Waals surface area (Å²) in [6, 6.07) is 6.14. The van der Waals surface area contributed by atoms with Crippen molar-refractivity contribution < 1.29 is 13.9 Å². The summed E-state index contributed by atoms with van der Waals surface area (Å²) in [6.07, 6.45) is 4.25. The van der Waals surface area contributed by atoms with Gasteiger partial charge in [-0.1, -0.05) is 0 Å². The topological polar surface area (TPSA) is 50.6 Å². The van der Waals surface area contributed by atoms with Gasteiger partial charge in [0.25, 0.3) is 5.91 Å². The van der Waals surface area contributed by atoms with Crippen LogP contribution in [0.5, 0.6) is 0 Å². The van der Waals surface area contributed by atoms with Gasteiger partial charge in [-0.05, 0) is 63.8 Å². The van der Waals surface area contributed by atoms with Crippen LogP contribution in [0.3, 0.4) is 0 Å². The minimum absolute atomic E-state index is 0.0351. The Morgan fingerprint density at radius 1 is 1.13 bits per heavy atom. The van der Waals surface area contributed by atoms with Gasteiger partial charge in [0.15, 0.2) is 0 Å². The van der Waals surface area contributed by atoms with Crippen LogP contribution in [-0.2, 0) is 4.74 Å². The summed E-state index contributed by atoms with van der Waals surface area (Å²) in [5, 5.41) is 4.37. The van der Waals surface area contributed by atoms with Crippen LogP contribution in [0.2, 0.25) is 0 Å². The Labute approximate surface area is 177 Å². The van der Waals surface area contributed by atoms with Gasteiger partial charge in [0, 0.05) is 32.7 Å². The number of carbonyl (C=O) groups is 1. The fourth-order valence-corrected chi connectivity index (χ4v) is 4.75. The molecule has 2 aromatic rings. The van der Waals surface area contributed by atoms with Crippen LogP contribution in [0.25, 0.3) is 5.69 Å². The minimum Gasteiger partial charge on any atom is -0.373 e. The van der Waals surface area contributed by atoms with E-state index < -0.39 is 0 Å². The molecule has 4 rings (SSSR count). The van der Waals surface area contributed by atoms with Crippen molar-refractivity contribution in [3.05, 3.63) is 47.5 Å². The van der Waals surface area contributed by atoms with Crippen LogP contribution in [0.4, 0.5) is 4.39 Å². The van der Waals surface area contributed by atoms with Crippen molar-refractivity contribution in [2.24, 2.45) is 5.92 Å². The van der Waals surface area contributed by atoms with Crippen molar-refractivity contribution in [3.8, 4) is 5.69 Å². The summed E-state index contributed by atoms with van der Waals surface area (Å²) < 4.78 is 20.7. The number of carbonyl (C=O) groups excluding carboxylic acids is 1. The van der Waals surface area contributed by atoms with Crippen LogP contribution < -0.4 is 0 Å². The zero-order valence-electron chi connectivity index (χ0n) is 18.1. The number of morpholine rings is 1. The molecule has 1 aromatic heterocycles. The van der Waals surface area contributed by atoms with E-state index in [1.165, 1.54) is 12.1 Å². The van der Waals surface area contributed by atoms with Gasteiger partial charge in [-0.25, -0.2) is 9.07 Å². The van der Waals surface area contributed by atoms with Gasteiger partial charge in [0.05, 0.1) is 35.3 Å². The van der Waals surface area contributed by atoms with Gasteiger partial charge >= 0.3 is 0 Å². The predicted octanol–water partition coefficient (Wildman–Crippen LogP) is 3.28. The van der Waals surface area contributed by atoms with Crippen LogP contribution in [0, 0.1) is 18.7 Å². The van der Waals surface area contributed by atoms with Gasteiger partial charge in [0.1, 0.15) is 5.82 Å². The van der Waals surface area contributed by atoms with E-state index >= 15 is 0 Å². The van der Waals surface area contributed by atoms with Crippen molar-refractivity contribution in [3.63, 3.8) is 0 Å². The fourth-order valence-electron chi connectivity index (χ4n) is 4.75. The second kappa shape index (κ2) is 8.86. The Kier molecular flexibility index (Phi) is 6.20. The average molecular weight is 415 g/mol. The number of likely N-dealkylation sites (tertiary alicyclic amines) is 1. The van der Waals surface area contributed by atoms with Gasteiger partial charge < -0.3 is 9.64 Å². The molecule has 0 radical (unpaired) electrons. The lowest BCUT2D eigenvalue weighted by atomic mass is 9.95. The zero-order chi connectivity index (χ0) is 21.3. The lowest BCUT2D eigenvalue weighted by Crippen LogP contribution is -2.48. The molecule has 30 heavy (non-hydrogen) atoms. The number of hydrogen-bond donors (Lipinski definition) is 0. The first kappa shape index (κ1) is 21.0. The highest BCUT2D eigenvalue weighted by Crippen LogP contribution is 2.23. The van der Waals surface area contributed by atoms with Crippen molar-refractivity contribution in [2.75, 3.05) is 32.7 Å². The van der Waals surface area contributed by atoms with E-state index in [0.29, 0.717) is 11.5 Å².